The van der Waals surface area contributed by atoms with Crippen LogP contribution in [0.1, 0.15) is 34.0 Å². The summed E-state index contributed by atoms with van der Waals surface area (Å²) in [5.74, 6) is 1.63. The van der Waals surface area contributed by atoms with Crippen LogP contribution in [0, 0.1) is 6.92 Å². The summed E-state index contributed by atoms with van der Waals surface area (Å²) in [5.41, 5.74) is 2.09. The van der Waals surface area contributed by atoms with Crippen LogP contribution in [-0.2, 0) is 0 Å². The van der Waals surface area contributed by atoms with Crippen LogP contribution in [0.15, 0.2) is 42.5 Å². The predicted molar refractivity (Wildman–Crippen MR) is 120 cm³/mol. The number of hydrogen-bond acceptors (Lipinski definition) is 7. The number of nitrogens with one attached hydrogen (secondary N) is 1. The molecule has 2 aromatic carbocycles. The minimum absolute atomic E-state index is 0.0259. The van der Waals surface area contributed by atoms with Crippen molar-refractivity contribution < 1.29 is 24.1 Å². The van der Waals surface area contributed by atoms with Gasteiger partial charge in [-0.1, -0.05) is 0 Å². The molecule has 1 aromatic heterocycles. The lowest BCUT2D eigenvalue weighted by molar-refractivity contribution is 0.0917. The number of carbonyl (C=O) groups is 1. The Labute approximate surface area is 185 Å². The number of aliphatic hydroxyl groups excluding tert-OH is 1. The minimum atomic E-state index is -0.951. The molecule has 0 saturated heterocycles. The van der Waals surface area contributed by atoms with E-state index in [1.54, 1.807) is 32.2 Å². The predicted octanol–water partition coefficient (Wildman–Crippen LogP) is 4.00. The van der Waals surface area contributed by atoms with Crippen molar-refractivity contribution in [1.82, 2.24) is 10.3 Å². The Kier molecular flexibility index (Phi) is 7.49. The van der Waals surface area contributed by atoms with E-state index in [-0.39, 0.29) is 12.5 Å². The molecule has 1 atom stereocenters. The van der Waals surface area contributed by atoms with Crippen LogP contribution in [0.25, 0.3) is 10.6 Å². The minimum Gasteiger partial charge on any atom is -0.497 e. The zero-order chi connectivity index (χ0) is 22.4. The number of rotatable bonds is 9. The number of amides is 1. The zero-order valence-corrected chi connectivity index (χ0v) is 18.8. The highest BCUT2D eigenvalue weighted by Crippen LogP contribution is 2.31. The molecular weight excluding hydrogens is 416 g/mol. The van der Waals surface area contributed by atoms with Crippen LogP contribution in [0.3, 0.4) is 0 Å². The van der Waals surface area contributed by atoms with Gasteiger partial charge in [-0.15, -0.1) is 11.3 Å². The van der Waals surface area contributed by atoms with Crippen LogP contribution in [0.4, 0.5) is 0 Å². The molecular formula is C23H26N2O5S. The van der Waals surface area contributed by atoms with Crippen LogP contribution >= 0.6 is 11.3 Å². The van der Waals surface area contributed by atoms with Crippen molar-refractivity contribution in [1.29, 1.82) is 0 Å². The lowest BCUT2D eigenvalue weighted by atomic mass is 10.1. The number of benzene rings is 2. The molecule has 0 aliphatic rings. The number of thiazole rings is 1. The highest BCUT2D eigenvalue weighted by atomic mass is 32.1. The largest absolute Gasteiger partial charge is 0.497 e. The van der Waals surface area contributed by atoms with Crippen LogP contribution < -0.4 is 19.5 Å². The first-order valence-corrected chi connectivity index (χ1v) is 10.7. The molecule has 31 heavy (non-hydrogen) atoms. The van der Waals surface area contributed by atoms with E-state index in [2.05, 4.69) is 10.3 Å². The summed E-state index contributed by atoms with van der Waals surface area (Å²) in [6.07, 6.45) is -0.951. The molecule has 0 spiro atoms. The van der Waals surface area contributed by atoms with E-state index in [1.165, 1.54) is 18.4 Å². The normalized spacial score (nSPS) is 11.6. The fourth-order valence-corrected chi connectivity index (χ4v) is 4.06. The van der Waals surface area contributed by atoms with E-state index < -0.39 is 6.10 Å². The number of aromatic nitrogens is 1. The third-order valence-electron chi connectivity index (χ3n) is 4.67. The average Bonchev–Trinajstić information content (AvgIpc) is 3.19. The summed E-state index contributed by atoms with van der Waals surface area (Å²) in [4.78, 5) is 17.8. The second kappa shape index (κ2) is 10.3. The summed E-state index contributed by atoms with van der Waals surface area (Å²) in [6, 6.07) is 12.8. The summed E-state index contributed by atoms with van der Waals surface area (Å²) in [6.45, 7) is 4.36. The maximum Gasteiger partial charge on any atom is 0.263 e. The van der Waals surface area contributed by atoms with Crippen molar-refractivity contribution in [3.63, 3.8) is 0 Å². The quantitative estimate of drug-likeness (QED) is 0.521. The van der Waals surface area contributed by atoms with Gasteiger partial charge in [-0.05, 0) is 56.3 Å². The Morgan fingerprint density at radius 2 is 1.84 bits per heavy atom. The van der Waals surface area contributed by atoms with E-state index in [0.717, 1.165) is 16.3 Å². The highest BCUT2D eigenvalue weighted by molar-refractivity contribution is 7.17. The maximum atomic E-state index is 12.7. The van der Waals surface area contributed by atoms with Crippen LogP contribution in [0.5, 0.6) is 17.2 Å². The van der Waals surface area contributed by atoms with E-state index >= 15 is 0 Å². The third kappa shape index (κ3) is 5.34. The van der Waals surface area contributed by atoms with Crippen molar-refractivity contribution in [3.8, 4) is 27.8 Å². The molecule has 2 N–H and O–H groups in total. The molecule has 0 aliphatic heterocycles. The fraction of sp³-hybridized carbons (Fsp3) is 0.304. The van der Waals surface area contributed by atoms with E-state index in [9.17, 15) is 9.90 Å². The molecule has 0 bridgehead atoms. The monoisotopic (exact) mass is 442 g/mol. The molecule has 0 saturated carbocycles. The Morgan fingerprint density at radius 1 is 1.13 bits per heavy atom. The van der Waals surface area contributed by atoms with Crippen molar-refractivity contribution in [2.75, 3.05) is 27.4 Å². The molecule has 3 rings (SSSR count). The van der Waals surface area contributed by atoms with Gasteiger partial charge in [-0.2, -0.15) is 0 Å². The fourth-order valence-electron chi connectivity index (χ4n) is 3.07. The highest BCUT2D eigenvalue weighted by Gasteiger charge is 2.19. The van der Waals surface area contributed by atoms with E-state index in [0.29, 0.717) is 34.2 Å². The van der Waals surface area contributed by atoms with Crippen molar-refractivity contribution in [3.05, 3.63) is 58.6 Å². The standard InChI is InChI=1S/C23H26N2O5S/c1-5-30-16-8-6-15(7-9-16)23-25-14(2)21(31-23)22(27)24-13-19(26)18-12-17(28-3)10-11-20(18)29-4/h6-12,19,26H,5,13H2,1-4H3,(H,24,27). The van der Waals surface area contributed by atoms with Crippen LogP contribution in [-0.4, -0.2) is 43.4 Å². The lowest BCUT2D eigenvalue weighted by Crippen LogP contribution is -2.28. The van der Waals surface area contributed by atoms with Gasteiger partial charge >= 0.3 is 0 Å². The van der Waals surface area contributed by atoms with E-state index in [1.807, 2.05) is 31.2 Å². The topological polar surface area (TPSA) is 89.9 Å². The molecule has 1 amide bonds. The average molecular weight is 443 g/mol. The molecule has 0 radical (unpaired) electrons. The Bertz CT molecular complexity index is 1030. The molecule has 1 heterocycles. The summed E-state index contributed by atoms with van der Waals surface area (Å²) in [5, 5.41) is 14.1. The smallest absolute Gasteiger partial charge is 0.263 e. The summed E-state index contributed by atoms with van der Waals surface area (Å²) in [7, 11) is 3.08. The zero-order valence-electron chi connectivity index (χ0n) is 18.0. The molecule has 7 nitrogen and oxygen atoms in total. The second-order valence-electron chi connectivity index (χ2n) is 6.72. The van der Waals surface area contributed by atoms with Gasteiger partial charge < -0.3 is 24.6 Å². The van der Waals surface area contributed by atoms with Gasteiger partial charge in [-0.25, -0.2) is 4.98 Å². The molecule has 8 heteroatoms. The summed E-state index contributed by atoms with van der Waals surface area (Å²) >= 11 is 1.31. The first kappa shape index (κ1) is 22.6. The molecule has 164 valence electrons. The second-order valence-corrected chi connectivity index (χ2v) is 7.72. The number of ether oxygens (including phenoxy) is 3. The number of nitrogens with zero attached hydrogens (tertiary/aromatic N) is 1. The Morgan fingerprint density at radius 3 is 2.48 bits per heavy atom. The Balaban J connectivity index is 1.70. The van der Waals surface area contributed by atoms with Gasteiger partial charge in [0.15, 0.2) is 0 Å². The van der Waals surface area contributed by atoms with E-state index in [4.69, 9.17) is 14.2 Å². The number of aryl methyl sites for hydroxylation is 1. The van der Waals surface area contributed by atoms with Crippen molar-refractivity contribution in [2.24, 2.45) is 0 Å². The first-order chi connectivity index (χ1) is 15.0. The van der Waals surface area contributed by atoms with Gasteiger partial charge in [0.2, 0.25) is 0 Å². The number of hydrogen-bond donors (Lipinski definition) is 2. The SMILES string of the molecule is CCOc1ccc(-c2nc(C)c(C(=O)NCC(O)c3cc(OC)ccc3OC)s2)cc1. The van der Waals surface area contributed by atoms with Gasteiger partial charge in [-0.3, -0.25) is 4.79 Å². The molecule has 1 unspecified atom stereocenters. The third-order valence-corrected chi connectivity index (χ3v) is 5.87. The molecule has 0 aliphatic carbocycles. The Hall–Kier alpha value is -3.10. The van der Waals surface area contributed by atoms with Gasteiger partial charge in [0.25, 0.3) is 5.91 Å². The first-order valence-electron chi connectivity index (χ1n) is 9.85. The van der Waals surface area contributed by atoms with Crippen molar-refractivity contribution in [2.45, 2.75) is 20.0 Å². The van der Waals surface area contributed by atoms with Gasteiger partial charge in [0.1, 0.15) is 33.2 Å². The van der Waals surface area contributed by atoms with Crippen molar-refractivity contribution >= 4 is 17.2 Å². The van der Waals surface area contributed by atoms with Crippen LogP contribution in [0.2, 0.25) is 0 Å². The number of aliphatic hydroxyl groups is 1. The number of carbonyl (C=O) groups excluding carboxylic acids is 1. The maximum absolute atomic E-state index is 12.7. The molecule has 3 aromatic rings. The summed E-state index contributed by atoms with van der Waals surface area (Å²) < 4.78 is 16.0. The molecule has 0 fully saturated rings. The lowest BCUT2D eigenvalue weighted by Gasteiger charge is -2.16. The van der Waals surface area contributed by atoms with Gasteiger partial charge in [0.05, 0.1) is 26.5 Å². The van der Waals surface area contributed by atoms with Gasteiger partial charge in [0, 0.05) is 17.7 Å². The number of methoxy groups -OCH3 is 2.